The summed E-state index contributed by atoms with van der Waals surface area (Å²) in [5.74, 6) is -0.772. The molecule has 0 aromatic rings. The van der Waals surface area contributed by atoms with Gasteiger partial charge in [-0.25, -0.2) is 0 Å². The van der Waals surface area contributed by atoms with E-state index in [1.165, 1.54) is 14.0 Å². The minimum absolute atomic E-state index is 0.0356. The molecule has 29 heavy (non-hydrogen) atoms. The highest BCUT2D eigenvalue weighted by Gasteiger charge is 2.68. The summed E-state index contributed by atoms with van der Waals surface area (Å²) < 4.78 is 10.8. The molecule has 3 fully saturated rings. The summed E-state index contributed by atoms with van der Waals surface area (Å²) in [5.41, 5.74) is -0.458. The van der Waals surface area contributed by atoms with Gasteiger partial charge in [0, 0.05) is 24.3 Å². The minimum Gasteiger partial charge on any atom is -0.468 e. The topological polar surface area (TPSA) is 86.7 Å². The summed E-state index contributed by atoms with van der Waals surface area (Å²) in [4.78, 5) is 49.1. The van der Waals surface area contributed by atoms with Crippen LogP contribution in [0.25, 0.3) is 0 Å². The van der Waals surface area contributed by atoms with Gasteiger partial charge in [0.25, 0.3) is 0 Å². The van der Waals surface area contributed by atoms with Crippen molar-refractivity contribution in [1.29, 1.82) is 0 Å². The molecular weight excluding hydrogens is 372 g/mol. The number of carbonyl (C=O) groups is 4. The molecule has 0 aliphatic heterocycles. The highest BCUT2D eigenvalue weighted by Crippen LogP contribution is 2.69. The van der Waals surface area contributed by atoms with Crippen LogP contribution in [-0.4, -0.2) is 37.2 Å². The van der Waals surface area contributed by atoms with Gasteiger partial charge in [-0.3, -0.25) is 19.2 Å². The minimum atomic E-state index is -0.968. The standard InChI is InChI=1S/C23H32O6/c1-13(12-24)19-15(26)11-17-21(3)10-8-18(29-14(2)25)23(5,20(27)28-6)16(21)7-9-22(17,19)4/h12,16-18H,7-11H2,1-6H3/b19-13-/t16-,17?,18-,21+,22+,23-/m1/s1. The molecular formula is C23H32O6. The van der Waals surface area contributed by atoms with Crippen LogP contribution >= 0.6 is 0 Å². The molecule has 3 rings (SSSR count). The monoisotopic (exact) mass is 404 g/mol. The maximum Gasteiger partial charge on any atom is 0.315 e. The van der Waals surface area contributed by atoms with E-state index in [0.29, 0.717) is 36.8 Å². The first-order valence-corrected chi connectivity index (χ1v) is 10.4. The third kappa shape index (κ3) is 2.89. The molecule has 0 aromatic carbocycles. The van der Waals surface area contributed by atoms with Crippen molar-refractivity contribution in [2.24, 2.45) is 28.1 Å². The van der Waals surface area contributed by atoms with Gasteiger partial charge >= 0.3 is 11.9 Å². The van der Waals surface area contributed by atoms with E-state index in [9.17, 15) is 19.2 Å². The van der Waals surface area contributed by atoms with Crippen molar-refractivity contribution in [3.8, 4) is 0 Å². The van der Waals surface area contributed by atoms with Crippen LogP contribution in [0.3, 0.4) is 0 Å². The number of fused-ring (bicyclic) bond motifs is 3. The zero-order valence-corrected chi connectivity index (χ0v) is 18.3. The van der Waals surface area contributed by atoms with Gasteiger partial charge in [0.1, 0.15) is 17.8 Å². The SMILES string of the molecule is COC(=O)[C@@]1(C)[C@H](OC(C)=O)CC[C@]2(C)C3CC(=O)/C(=C(\C)C=O)[C@@]3(C)CC[C@@H]12. The van der Waals surface area contributed by atoms with E-state index in [4.69, 9.17) is 9.47 Å². The predicted octanol–water partition coefficient (Wildman–Crippen LogP) is 3.42. The number of methoxy groups -OCH3 is 1. The molecule has 0 spiro atoms. The molecule has 0 N–H and O–H groups in total. The van der Waals surface area contributed by atoms with Crippen LogP contribution in [0.1, 0.15) is 66.7 Å². The fourth-order valence-electron chi connectivity index (χ4n) is 7.19. The molecule has 160 valence electrons. The third-order valence-electron chi connectivity index (χ3n) is 8.40. The maximum atomic E-state index is 13.0. The molecule has 0 heterocycles. The molecule has 0 aromatic heterocycles. The Hall–Kier alpha value is -1.98. The van der Waals surface area contributed by atoms with Crippen molar-refractivity contribution in [2.45, 2.75) is 72.8 Å². The lowest BCUT2D eigenvalue weighted by Crippen LogP contribution is -2.62. The molecule has 3 aliphatic carbocycles. The molecule has 0 saturated heterocycles. The highest BCUT2D eigenvalue weighted by atomic mass is 16.6. The summed E-state index contributed by atoms with van der Waals surface area (Å²) >= 11 is 0. The number of ketones is 1. The first kappa shape index (κ1) is 21.7. The van der Waals surface area contributed by atoms with Gasteiger partial charge in [0.05, 0.1) is 7.11 Å². The van der Waals surface area contributed by atoms with E-state index >= 15 is 0 Å². The zero-order valence-electron chi connectivity index (χ0n) is 18.3. The van der Waals surface area contributed by atoms with Gasteiger partial charge in [-0.1, -0.05) is 13.8 Å². The Morgan fingerprint density at radius 2 is 1.72 bits per heavy atom. The van der Waals surface area contributed by atoms with E-state index in [1.54, 1.807) is 6.92 Å². The number of ether oxygens (including phenoxy) is 2. The lowest BCUT2D eigenvalue weighted by molar-refractivity contribution is -0.206. The normalized spacial score (nSPS) is 43.1. The largest absolute Gasteiger partial charge is 0.468 e. The van der Waals surface area contributed by atoms with E-state index < -0.39 is 17.5 Å². The Labute approximate surface area is 172 Å². The lowest BCUT2D eigenvalue weighted by Gasteiger charge is -2.61. The van der Waals surface area contributed by atoms with Crippen LogP contribution < -0.4 is 0 Å². The summed E-state index contributed by atoms with van der Waals surface area (Å²) in [6, 6.07) is 0. The fraction of sp³-hybridized carbons (Fsp3) is 0.739. The van der Waals surface area contributed by atoms with Gasteiger partial charge in [0.15, 0.2) is 5.78 Å². The van der Waals surface area contributed by atoms with Crippen molar-refractivity contribution in [1.82, 2.24) is 0 Å². The Balaban J connectivity index is 2.10. The van der Waals surface area contributed by atoms with Gasteiger partial charge in [0.2, 0.25) is 0 Å². The number of rotatable bonds is 3. The molecule has 3 aliphatic rings. The third-order valence-corrected chi connectivity index (χ3v) is 8.40. The van der Waals surface area contributed by atoms with Gasteiger partial charge in [-0.05, 0) is 62.4 Å². The first-order chi connectivity index (χ1) is 13.5. The average Bonchev–Trinajstić information content (AvgIpc) is 2.94. The smallest absolute Gasteiger partial charge is 0.315 e. The van der Waals surface area contributed by atoms with Crippen LogP contribution in [0.2, 0.25) is 0 Å². The van der Waals surface area contributed by atoms with Crippen molar-refractivity contribution in [3.05, 3.63) is 11.1 Å². The highest BCUT2D eigenvalue weighted by molar-refractivity contribution is 6.04. The van der Waals surface area contributed by atoms with E-state index in [1.807, 2.05) is 6.92 Å². The Morgan fingerprint density at radius 3 is 2.28 bits per heavy atom. The van der Waals surface area contributed by atoms with Crippen molar-refractivity contribution in [3.63, 3.8) is 0 Å². The number of carbonyl (C=O) groups excluding carboxylic acids is 4. The molecule has 0 amide bonds. The molecule has 6 heteroatoms. The van der Waals surface area contributed by atoms with Crippen molar-refractivity contribution in [2.75, 3.05) is 7.11 Å². The van der Waals surface area contributed by atoms with E-state index in [0.717, 1.165) is 12.7 Å². The van der Waals surface area contributed by atoms with Crippen LogP contribution in [0.15, 0.2) is 11.1 Å². The summed E-state index contributed by atoms with van der Waals surface area (Å²) in [7, 11) is 1.37. The van der Waals surface area contributed by atoms with Crippen LogP contribution in [0, 0.1) is 28.1 Å². The number of hydrogen-bond acceptors (Lipinski definition) is 6. The van der Waals surface area contributed by atoms with E-state index in [2.05, 4.69) is 13.8 Å². The average molecular weight is 405 g/mol. The predicted molar refractivity (Wildman–Crippen MR) is 106 cm³/mol. The molecule has 0 bridgehead atoms. The molecule has 1 unspecified atom stereocenters. The summed E-state index contributed by atoms with van der Waals surface area (Å²) in [5, 5.41) is 0. The van der Waals surface area contributed by atoms with Crippen molar-refractivity contribution < 1.29 is 28.7 Å². The van der Waals surface area contributed by atoms with Gasteiger partial charge < -0.3 is 9.47 Å². The molecule has 3 saturated carbocycles. The van der Waals surface area contributed by atoms with Crippen molar-refractivity contribution >= 4 is 24.0 Å². The summed E-state index contributed by atoms with van der Waals surface area (Å²) in [6.07, 6.45) is 3.34. The van der Waals surface area contributed by atoms with Gasteiger partial charge in [-0.2, -0.15) is 0 Å². The van der Waals surface area contributed by atoms with Crippen LogP contribution in [0.4, 0.5) is 0 Å². The second-order valence-electron chi connectivity index (χ2n) is 9.78. The molecule has 6 nitrogen and oxygen atoms in total. The number of esters is 2. The van der Waals surface area contributed by atoms with E-state index in [-0.39, 0.29) is 34.4 Å². The number of allylic oxidation sites excluding steroid dienone is 2. The summed E-state index contributed by atoms with van der Waals surface area (Å²) in [6.45, 7) is 9.19. The lowest BCUT2D eigenvalue weighted by atomic mass is 9.42. The number of aldehydes is 1. The second-order valence-corrected chi connectivity index (χ2v) is 9.78. The maximum absolute atomic E-state index is 13.0. The molecule has 0 radical (unpaired) electrons. The molecule has 6 atom stereocenters. The van der Waals surface area contributed by atoms with Crippen LogP contribution in [-0.2, 0) is 28.7 Å². The Kier molecular flexibility index (Phi) is 5.29. The van der Waals surface area contributed by atoms with Gasteiger partial charge in [-0.15, -0.1) is 0 Å². The zero-order chi connectivity index (χ0) is 21.8. The fourth-order valence-corrected chi connectivity index (χ4v) is 7.19. The Morgan fingerprint density at radius 1 is 1.07 bits per heavy atom. The Bertz CT molecular complexity index is 797. The second kappa shape index (κ2) is 7.06. The number of Topliss-reactive ketones (excluding diaryl/α,β-unsaturated/α-hetero) is 1. The quantitative estimate of drug-likeness (QED) is 0.407. The number of hydrogen-bond donors (Lipinski definition) is 0. The first-order valence-electron chi connectivity index (χ1n) is 10.4. The van der Waals surface area contributed by atoms with Crippen LogP contribution in [0.5, 0.6) is 0 Å².